The molecule has 0 unspecified atom stereocenters. The first-order valence-electron chi connectivity index (χ1n) is 12.7. The largest absolute Gasteiger partial charge is 0.389 e. The van der Waals surface area contributed by atoms with Crippen molar-refractivity contribution >= 4 is 0 Å². The van der Waals surface area contributed by atoms with Crippen molar-refractivity contribution in [2.24, 2.45) is 29.6 Å². The summed E-state index contributed by atoms with van der Waals surface area (Å²) in [5, 5.41) is 21.8. The van der Waals surface area contributed by atoms with Gasteiger partial charge in [0.2, 0.25) is 5.79 Å². The highest BCUT2D eigenvalue weighted by atomic mass is 17.3. The van der Waals surface area contributed by atoms with Crippen LogP contribution in [-0.4, -0.2) is 58.8 Å². The quantitative estimate of drug-likeness (QED) is 0.467. The minimum atomic E-state index is -1.26. The summed E-state index contributed by atoms with van der Waals surface area (Å²) in [6.45, 7) is 17.9. The molecule has 0 aromatic rings. The number of rotatable bonds is 4. The fraction of sp³-hybridized carbons (Fsp3) is 0.846. The second-order valence-corrected chi connectivity index (χ2v) is 11.5. The lowest BCUT2D eigenvalue weighted by Crippen LogP contribution is -2.71. The van der Waals surface area contributed by atoms with Crippen LogP contribution in [0.5, 0.6) is 0 Å². The Morgan fingerprint density at radius 1 is 0.912 bits per heavy atom. The van der Waals surface area contributed by atoms with Crippen molar-refractivity contribution < 1.29 is 38.9 Å². The maximum absolute atomic E-state index is 10.9. The highest BCUT2D eigenvalue weighted by molar-refractivity contribution is 5.16. The van der Waals surface area contributed by atoms with Gasteiger partial charge in [0.15, 0.2) is 24.5 Å². The lowest BCUT2D eigenvalue weighted by molar-refractivity contribution is -0.579. The van der Waals surface area contributed by atoms with E-state index in [-0.39, 0.29) is 17.8 Å². The Labute approximate surface area is 202 Å². The van der Waals surface area contributed by atoms with Gasteiger partial charge in [-0.25, -0.2) is 9.78 Å². The standard InChI is InChI=1S/C26H40O8/c1-12(2)18-19(27)20(28)23(29-21(18)13(3)4)30-22-15(6)17-9-8-14(5)16-10-11-25(7)32-24(31-22)26(16,17)34-33-25/h14-24,27-28H,1,3,8-11H2,2,4-7H3/t14-,15-,16+,17+,18+,19+,20-,21-,22+,23+,24-,25-,26-/m1/s1. The molecule has 1 saturated carbocycles. The maximum atomic E-state index is 10.9. The van der Waals surface area contributed by atoms with Crippen molar-refractivity contribution in [2.45, 2.75) is 109 Å². The van der Waals surface area contributed by atoms with Gasteiger partial charge in [-0.1, -0.05) is 38.2 Å². The van der Waals surface area contributed by atoms with Gasteiger partial charge in [0.05, 0.1) is 12.2 Å². The molecule has 6 rings (SSSR count). The summed E-state index contributed by atoms with van der Waals surface area (Å²) in [5.74, 6) is -0.603. The molecular weight excluding hydrogens is 440 g/mol. The summed E-state index contributed by atoms with van der Waals surface area (Å²) in [5.41, 5.74) is 0.762. The van der Waals surface area contributed by atoms with Crippen molar-refractivity contribution in [3.05, 3.63) is 24.3 Å². The molecule has 13 atom stereocenters. The molecule has 34 heavy (non-hydrogen) atoms. The summed E-state index contributed by atoms with van der Waals surface area (Å²) in [6.07, 6.45) is -1.62. The average molecular weight is 481 g/mol. The Morgan fingerprint density at radius 3 is 2.32 bits per heavy atom. The number of aliphatic hydroxyl groups is 2. The first kappa shape index (κ1) is 24.8. The van der Waals surface area contributed by atoms with Crippen LogP contribution in [0.2, 0.25) is 0 Å². The van der Waals surface area contributed by atoms with Crippen molar-refractivity contribution in [3.8, 4) is 0 Å². The fourth-order valence-electron chi connectivity index (χ4n) is 7.11. The van der Waals surface area contributed by atoms with Crippen LogP contribution >= 0.6 is 0 Å². The summed E-state index contributed by atoms with van der Waals surface area (Å²) in [4.78, 5) is 12.0. The summed E-state index contributed by atoms with van der Waals surface area (Å²) in [6, 6.07) is 0. The number of fused-ring (bicyclic) bond motifs is 2. The van der Waals surface area contributed by atoms with E-state index < -0.39 is 54.5 Å². The molecule has 8 nitrogen and oxygen atoms in total. The minimum Gasteiger partial charge on any atom is -0.389 e. The van der Waals surface area contributed by atoms with Gasteiger partial charge in [0, 0.05) is 24.2 Å². The van der Waals surface area contributed by atoms with Crippen LogP contribution in [0.25, 0.3) is 0 Å². The highest BCUT2D eigenvalue weighted by Crippen LogP contribution is 2.60. The SMILES string of the molecule is C=C(C)[C@H]1[C@H](O)[C@@H](O)[C@H](O[C@H]2O[C@@H]3O[C@@]4(C)CC[C@H]5[C@H](C)CC[C@@H]([C@H]2C)[C@@]35OO4)O[C@@H]1C(=C)C. The molecule has 0 amide bonds. The first-order valence-corrected chi connectivity index (χ1v) is 12.7. The van der Waals surface area contributed by atoms with E-state index in [0.717, 1.165) is 36.8 Å². The summed E-state index contributed by atoms with van der Waals surface area (Å²) < 4.78 is 25.3. The van der Waals surface area contributed by atoms with Gasteiger partial charge in [-0.05, 0) is 51.9 Å². The lowest BCUT2D eigenvalue weighted by Gasteiger charge is -2.60. The molecule has 1 aliphatic carbocycles. The first-order chi connectivity index (χ1) is 16.0. The second-order valence-electron chi connectivity index (χ2n) is 11.5. The average Bonchev–Trinajstić information content (AvgIpc) is 3.00. The molecule has 5 saturated heterocycles. The van der Waals surface area contributed by atoms with Gasteiger partial charge in [-0.15, -0.1) is 0 Å². The van der Waals surface area contributed by atoms with E-state index >= 15 is 0 Å². The Kier molecular flexibility index (Phi) is 6.30. The zero-order valence-corrected chi connectivity index (χ0v) is 20.9. The van der Waals surface area contributed by atoms with Crippen molar-refractivity contribution in [1.29, 1.82) is 0 Å². The molecule has 192 valence electrons. The molecule has 8 heteroatoms. The van der Waals surface area contributed by atoms with E-state index in [1.54, 1.807) is 0 Å². The van der Waals surface area contributed by atoms with E-state index in [0.29, 0.717) is 5.92 Å². The third kappa shape index (κ3) is 3.65. The Morgan fingerprint density at radius 2 is 1.65 bits per heavy atom. The van der Waals surface area contributed by atoms with Gasteiger partial charge >= 0.3 is 0 Å². The Bertz CT molecular complexity index is 832. The van der Waals surface area contributed by atoms with Gasteiger partial charge in [-0.3, -0.25) is 0 Å². The van der Waals surface area contributed by atoms with Crippen LogP contribution < -0.4 is 0 Å². The van der Waals surface area contributed by atoms with Crippen LogP contribution in [0.4, 0.5) is 0 Å². The lowest BCUT2D eigenvalue weighted by atomic mass is 9.58. The maximum Gasteiger partial charge on any atom is 0.201 e. The molecule has 5 aliphatic heterocycles. The molecule has 6 aliphatic rings. The molecule has 2 N–H and O–H groups in total. The minimum absolute atomic E-state index is 0.0732. The number of aliphatic hydroxyl groups excluding tert-OH is 2. The fourth-order valence-corrected chi connectivity index (χ4v) is 7.11. The molecule has 0 aromatic heterocycles. The molecule has 0 radical (unpaired) electrons. The van der Waals surface area contributed by atoms with Gasteiger partial charge in [0.1, 0.15) is 6.10 Å². The zero-order valence-electron chi connectivity index (χ0n) is 20.9. The zero-order chi connectivity index (χ0) is 24.6. The Hall–Kier alpha value is -0.840. The predicted molar refractivity (Wildman–Crippen MR) is 122 cm³/mol. The number of ether oxygens (including phenoxy) is 4. The highest BCUT2D eigenvalue weighted by Gasteiger charge is 2.69. The molecule has 5 heterocycles. The van der Waals surface area contributed by atoms with Crippen molar-refractivity contribution in [2.75, 3.05) is 0 Å². The normalized spacial score (nSPS) is 54.7. The second kappa shape index (κ2) is 8.63. The third-order valence-corrected chi connectivity index (χ3v) is 9.02. The van der Waals surface area contributed by atoms with E-state index in [9.17, 15) is 10.2 Å². The molecule has 2 bridgehead atoms. The summed E-state index contributed by atoms with van der Waals surface area (Å²) in [7, 11) is 0. The van der Waals surface area contributed by atoms with Crippen molar-refractivity contribution in [3.63, 3.8) is 0 Å². The summed E-state index contributed by atoms with van der Waals surface area (Å²) >= 11 is 0. The van der Waals surface area contributed by atoms with Crippen LogP contribution in [0.15, 0.2) is 24.3 Å². The van der Waals surface area contributed by atoms with E-state index in [4.69, 9.17) is 28.7 Å². The molecule has 0 aromatic carbocycles. The van der Waals surface area contributed by atoms with Gasteiger partial charge < -0.3 is 29.2 Å². The van der Waals surface area contributed by atoms with Crippen LogP contribution in [0.1, 0.15) is 60.3 Å². The van der Waals surface area contributed by atoms with Gasteiger partial charge in [0.25, 0.3) is 0 Å². The smallest absolute Gasteiger partial charge is 0.201 e. The third-order valence-electron chi connectivity index (χ3n) is 9.02. The topological polar surface area (TPSA) is 95.8 Å². The van der Waals surface area contributed by atoms with E-state index in [2.05, 4.69) is 27.0 Å². The molecule has 1 spiro atoms. The number of hydrogen-bond donors (Lipinski definition) is 2. The van der Waals surface area contributed by atoms with Crippen LogP contribution in [0, 0.1) is 29.6 Å². The monoisotopic (exact) mass is 480 g/mol. The van der Waals surface area contributed by atoms with Gasteiger partial charge in [-0.2, -0.15) is 0 Å². The van der Waals surface area contributed by atoms with Crippen LogP contribution in [-0.2, 0) is 28.7 Å². The molecular formula is C26H40O8. The Balaban J connectivity index is 1.41. The van der Waals surface area contributed by atoms with Crippen molar-refractivity contribution in [1.82, 2.24) is 0 Å². The van der Waals surface area contributed by atoms with E-state index in [1.165, 1.54) is 0 Å². The van der Waals surface area contributed by atoms with Crippen LogP contribution in [0.3, 0.4) is 0 Å². The van der Waals surface area contributed by atoms with E-state index in [1.807, 2.05) is 20.8 Å². The molecule has 6 fully saturated rings. The predicted octanol–water partition coefficient (Wildman–Crippen LogP) is 3.43. The number of hydrogen-bond acceptors (Lipinski definition) is 8.